The SMILES string of the molecule is CC(OC(=O)c1csc(-c2ccccc2)n1)c1nnc(-c2ccc([N+](=O)[O-])cc2)o1. The smallest absolute Gasteiger partial charge is 0.358 e. The van der Waals surface area contributed by atoms with Crippen LogP contribution in [0.25, 0.3) is 22.0 Å². The lowest BCUT2D eigenvalue weighted by Gasteiger charge is -2.07. The summed E-state index contributed by atoms with van der Waals surface area (Å²) in [7, 11) is 0. The van der Waals surface area contributed by atoms with Gasteiger partial charge in [0.2, 0.25) is 5.89 Å². The summed E-state index contributed by atoms with van der Waals surface area (Å²) in [6.45, 7) is 1.61. The zero-order chi connectivity index (χ0) is 21.1. The molecule has 30 heavy (non-hydrogen) atoms. The van der Waals surface area contributed by atoms with E-state index in [1.54, 1.807) is 12.3 Å². The number of benzene rings is 2. The summed E-state index contributed by atoms with van der Waals surface area (Å²) < 4.78 is 10.9. The van der Waals surface area contributed by atoms with Crippen molar-refractivity contribution in [3.63, 3.8) is 0 Å². The fourth-order valence-electron chi connectivity index (χ4n) is 2.59. The molecule has 10 heteroatoms. The van der Waals surface area contributed by atoms with Gasteiger partial charge < -0.3 is 9.15 Å². The molecule has 4 aromatic rings. The molecule has 0 bridgehead atoms. The second kappa shape index (κ2) is 8.21. The number of esters is 1. The predicted octanol–water partition coefficient (Wildman–Crippen LogP) is 4.69. The second-order valence-corrected chi connectivity index (χ2v) is 7.06. The van der Waals surface area contributed by atoms with Crippen molar-refractivity contribution in [3.8, 4) is 22.0 Å². The molecule has 2 heterocycles. The summed E-state index contributed by atoms with van der Waals surface area (Å²) in [6.07, 6.45) is -0.793. The molecule has 150 valence electrons. The number of hydrogen-bond acceptors (Lipinski definition) is 9. The van der Waals surface area contributed by atoms with E-state index < -0.39 is 17.0 Å². The largest absolute Gasteiger partial charge is 0.448 e. The Morgan fingerprint density at radius 3 is 2.53 bits per heavy atom. The van der Waals surface area contributed by atoms with E-state index in [9.17, 15) is 14.9 Å². The Kier molecular flexibility index (Phi) is 5.31. The van der Waals surface area contributed by atoms with Gasteiger partial charge in [-0.3, -0.25) is 10.1 Å². The van der Waals surface area contributed by atoms with Crippen LogP contribution in [0.3, 0.4) is 0 Å². The van der Waals surface area contributed by atoms with Crippen LogP contribution in [0.5, 0.6) is 0 Å². The Hall–Kier alpha value is -3.92. The minimum Gasteiger partial charge on any atom is -0.448 e. The molecule has 0 aliphatic carbocycles. The molecule has 0 aliphatic rings. The number of non-ortho nitro benzene ring substituents is 1. The minimum absolute atomic E-state index is 0.0427. The van der Waals surface area contributed by atoms with Crippen molar-refractivity contribution in [2.75, 3.05) is 0 Å². The summed E-state index contributed by atoms with van der Waals surface area (Å²) in [6, 6.07) is 15.2. The van der Waals surface area contributed by atoms with E-state index in [1.807, 2.05) is 30.3 Å². The normalized spacial score (nSPS) is 11.8. The average molecular weight is 422 g/mol. The second-order valence-electron chi connectivity index (χ2n) is 6.20. The van der Waals surface area contributed by atoms with Crippen LogP contribution >= 0.6 is 11.3 Å². The summed E-state index contributed by atoms with van der Waals surface area (Å²) in [5, 5.41) is 20.9. The lowest BCUT2D eigenvalue weighted by atomic mass is 10.2. The van der Waals surface area contributed by atoms with E-state index >= 15 is 0 Å². The fourth-order valence-corrected chi connectivity index (χ4v) is 3.39. The summed E-state index contributed by atoms with van der Waals surface area (Å²) in [5.74, 6) is -0.325. The van der Waals surface area contributed by atoms with E-state index in [1.165, 1.54) is 35.6 Å². The van der Waals surface area contributed by atoms with E-state index in [4.69, 9.17) is 9.15 Å². The van der Waals surface area contributed by atoms with Gasteiger partial charge in [-0.05, 0) is 19.1 Å². The lowest BCUT2D eigenvalue weighted by molar-refractivity contribution is -0.384. The molecule has 1 unspecified atom stereocenters. The van der Waals surface area contributed by atoms with Gasteiger partial charge in [0.05, 0.1) is 4.92 Å². The predicted molar refractivity (Wildman–Crippen MR) is 108 cm³/mol. The van der Waals surface area contributed by atoms with Gasteiger partial charge in [-0.1, -0.05) is 30.3 Å². The number of hydrogen-bond donors (Lipinski definition) is 0. The van der Waals surface area contributed by atoms with Gasteiger partial charge in [0.15, 0.2) is 11.8 Å². The van der Waals surface area contributed by atoms with Gasteiger partial charge in [-0.25, -0.2) is 9.78 Å². The van der Waals surface area contributed by atoms with Crippen molar-refractivity contribution >= 4 is 23.0 Å². The zero-order valence-corrected chi connectivity index (χ0v) is 16.4. The highest BCUT2D eigenvalue weighted by Gasteiger charge is 2.22. The number of aromatic nitrogens is 3. The van der Waals surface area contributed by atoms with Crippen molar-refractivity contribution in [2.24, 2.45) is 0 Å². The third kappa shape index (κ3) is 4.08. The molecule has 0 fully saturated rings. The zero-order valence-electron chi connectivity index (χ0n) is 15.6. The van der Waals surface area contributed by atoms with E-state index in [2.05, 4.69) is 15.2 Å². The Morgan fingerprint density at radius 1 is 1.10 bits per heavy atom. The summed E-state index contributed by atoms with van der Waals surface area (Å²) in [5.41, 5.74) is 1.59. The molecule has 0 aliphatic heterocycles. The topological polar surface area (TPSA) is 121 Å². The standard InChI is InChI=1S/C20H14N4O5S/c1-12(17-22-23-18(29-17)13-7-9-15(10-8-13)24(26)27)28-20(25)16-11-30-19(21-16)14-5-3-2-4-6-14/h2-12H,1H3. The van der Waals surface area contributed by atoms with E-state index in [-0.39, 0.29) is 23.2 Å². The average Bonchev–Trinajstić information content (AvgIpc) is 3.45. The van der Waals surface area contributed by atoms with Gasteiger partial charge in [-0.15, -0.1) is 21.5 Å². The van der Waals surface area contributed by atoms with Crippen molar-refractivity contribution in [1.29, 1.82) is 0 Å². The molecule has 0 spiro atoms. The van der Waals surface area contributed by atoms with E-state index in [0.717, 1.165) is 5.56 Å². The van der Waals surface area contributed by atoms with Crippen molar-refractivity contribution in [1.82, 2.24) is 15.2 Å². The van der Waals surface area contributed by atoms with Crippen LogP contribution in [0.2, 0.25) is 0 Å². The highest BCUT2D eigenvalue weighted by molar-refractivity contribution is 7.13. The van der Waals surface area contributed by atoms with Crippen LogP contribution in [-0.2, 0) is 4.74 Å². The molecule has 1 atom stereocenters. The summed E-state index contributed by atoms with van der Waals surface area (Å²) >= 11 is 1.35. The third-order valence-corrected chi connectivity index (χ3v) is 5.02. The van der Waals surface area contributed by atoms with Gasteiger partial charge in [-0.2, -0.15) is 0 Å². The molecular formula is C20H14N4O5S. The first kappa shape index (κ1) is 19.4. The van der Waals surface area contributed by atoms with Crippen LogP contribution in [0, 0.1) is 10.1 Å². The number of nitro groups is 1. The van der Waals surface area contributed by atoms with E-state index in [0.29, 0.717) is 10.6 Å². The van der Waals surface area contributed by atoms with Crippen molar-refractivity contribution in [3.05, 3.63) is 81.7 Å². The molecule has 0 saturated heterocycles. The first-order chi connectivity index (χ1) is 14.5. The first-order valence-corrected chi connectivity index (χ1v) is 9.69. The number of thiazole rings is 1. The van der Waals surface area contributed by atoms with Crippen molar-refractivity contribution < 1.29 is 18.9 Å². The number of nitro benzene ring substituents is 1. The molecule has 0 N–H and O–H groups in total. The van der Waals surface area contributed by atoms with Crippen LogP contribution in [0.1, 0.15) is 29.4 Å². The molecule has 2 aromatic heterocycles. The van der Waals surface area contributed by atoms with Crippen LogP contribution in [0.15, 0.2) is 64.4 Å². The molecule has 4 rings (SSSR count). The number of carbonyl (C=O) groups is 1. The molecule has 0 radical (unpaired) electrons. The maximum Gasteiger partial charge on any atom is 0.358 e. The lowest BCUT2D eigenvalue weighted by Crippen LogP contribution is -2.10. The Labute approximate surface area is 174 Å². The Bertz CT molecular complexity index is 1190. The quantitative estimate of drug-likeness (QED) is 0.249. The molecule has 0 amide bonds. The maximum absolute atomic E-state index is 12.4. The molecule has 0 saturated carbocycles. The van der Waals surface area contributed by atoms with Crippen molar-refractivity contribution in [2.45, 2.75) is 13.0 Å². The first-order valence-electron chi connectivity index (χ1n) is 8.81. The van der Waals surface area contributed by atoms with Gasteiger partial charge in [0, 0.05) is 28.6 Å². The van der Waals surface area contributed by atoms with Crippen LogP contribution < -0.4 is 0 Å². The van der Waals surface area contributed by atoms with Crippen LogP contribution in [-0.4, -0.2) is 26.1 Å². The van der Waals surface area contributed by atoms with Gasteiger partial charge >= 0.3 is 5.97 Å². The maximum atomic E-state index is 12.4. The highest BCUT2D eigenvalue weighted by Crippen LogP contribution is 2.27. The minimum atomic E-state index is -0.793. The van der Waals surface area contributed by atoms with Crippen LogP contribution in [0.4, 0.5) is 5.69 Å². The number of ether oxygens (including phenoxy) is 1. The highest BCUT2D eigenvalue weighted by atomic mass is 32.1. The summed E-state index contributed by atoms with van der Waals surface area (Å²) in [4.78, 5) is 27.0. The molecule has 2 aromatic carbocycles. The monoisotopic (exact) mass is 422 g/mol. The fraction of sp³-hybridized carbons (Fsp3) is 0.100. The number of rotatable bonds is 6. The third-order valence-electron chi connectivity index (χ3n) is 4.13. The van der Waals surface area contributed by atoms with Gasteiger partial charge in [0.1, 0.15) is 5.01 Å². The molecular weight excluding hydrogens is 408 g/mol. The number of carbonyl (C=O) groups excluding carboxylic acids is 1. The molecule has 9 nitrogen and oxygen atoms in total. The number of nitrogens with zero attached hydrogens (tertiary/aromatic N) is 4. The Balaban J connectivity index is 1.44. The Morgan fingerprint density at radius 2 is 1.83 bits per heavy atom. The van der Waals surface area contributed by atoms with Gasteiger partial charge in [0.25, 0.3) is 11.6 Å².